The van der Waals surface area contributed by atoms with E-state index in [0.717, 1.165) is 0 Å². The standard InChI is InChI=1S/C14H21N3O2/c1-14(2,15)9-13(19)17(3)10-12(18)16-11-7-5-4-6-8-11/h4-8H,9-10,15H2,1-3H3,(H,16,18). The number of benzene rings is 1. The van der Waals surface area contributed by atoms with Crippen molar-refractivity contribution in [2.75, 3.05) is 18.9 Å². The maximum atomic E-state index is 11.8. The number of hydrogen-bond donors (Lipinski definition) is 2. The lowest BCUT2D eigenvalue weighted by Gasteiger charge is -2.22. The predicted molar refractivity (Wildman–Crippen MR) is 75.6 cm³/mol. The normalized spacial score (nSPS) is 10.9. The molecule has 0 heterocycles. The van der Waals surface area contributed by atoms with Gasteiger partial charge in [0.1, 0.15) is 0 Å². The number of carbonyl (C=O) groups is 2. The maximum absolute atomic E-state index is 11.8. The minimum Gasteiger partial charge on any atom is -0.336 e. The lowest BCUT2D eigenvalue weighted by Crippen LogP contribution is -2.42. The van der Waals surface area contributed by atoms with Gasteiger partial charge in [0, 0.05) is 24.7 Å². The number of nitrogens with zero attached hydrogens (tertiary/aromatic N) is 1. The number of rotatable bonds is 5. The van der Waals surface area contributed by atoms with Crippen molar-refractivity contribution in [1.29, 1.82) is 0 Å². The molecule has 0 aromatic heterocycles. The number of anilines is 1. The van der Waals surface area contributed by atoms with E-state index in [9.17, 15) is 9.59 Å². The van der Waals surface area contributed by atoms with Crippen LogP contribution in [0.25, 0.3) is 0 Å². The van der Waals surface area contributed by atoms with Crippen LogP contribution >= 0.6 is 0 Å². The van der Waals surface area contributed by atoms with Crippen LogP contribution in [0.2, 0.25) is 0 Å². The largest absolute Gasteiger partial charge is 0.336 e. The number of nitrogens with two attached hydrogens (primary N) is 1. The third-order valence-electron chi connectivity index (χ3n) is 2.47. The molecular formula is C14H21N3O2. The Hall–Kier alpha value is -1.88. The highest BCUT2D eigenvalue weighted by Crippen LogP contribution is 2.07. The van der Waals surface area contributed by atoms with Gasteiger partial charge in [-0.05, 0) is 26.0 Å². The van der Waals surface area contributed by atoms with Crippen molar-refractivity contribution < 1.29 is 9.59 Å². The van der Waals surface area contributed by atoms with E-state index in [4.69, 9.17) is 5.73 Å². The molecule has 0 bridgehead atoms. The summed E-state index contributed by atoms with van der Waals surface area (Å²) in [5, 5.41) is 2.73. The molecule has 2 amide bonds. The fraction of sp³-hybridized carbons (Fsp3) is 0.429. The van der Waals surface area contributed by atoms with Crippen LogP contribution in [-0.4, -0.2) is 35.8 Å². The summed E-state index contributed by atoms with van der Waals surface area (Å²) in [4.78, 5) is 25.0. The Labute approximate surface area is 113 Å². The third kappa shape index (κ3) is 6.01. The molecule has 0 saturated heterocycles. The molecule has 19 heavy (non-hydrogen) atoms. The van der Waals surface area contributed by atoms with Gasteiger partial charge in [-0.25, -0.2) is 0 Å². The summed E-state index contributed by atoms with van der Waals surface area (Å²) in [5.74, 6) is -0.368. The minimum atomic E-state index is -0.568. The zero-order valence-corrected chi connectivity index (χ0v) is 11.6. The van der Waals surface area contributed by atoms with Crippen molar-refractivity contribution in [2.24, 2.45) is 5.73 Å². The molecule has 0 radical (unpaired) electrons. The molecule has 1 aromatic carbocycles. The van der Waals surface area contributed by atoms with E-state index in [-0.39, 0.29) is 24.8 Å². The summed E-state index contributed by atoms with van der Waals surface area (Å²) in [6.07, 6.45) is 0.210. The average Bonchev–Trinajstić information content (AvgIpc) is 2.27. The van der Waals surface area contributed by atoms with Crippen LogP contribution in [0.4, 0.5) is 5.69 Å². The Morgan fingerprint density at radius 1 is 1.26 bits per heavy atom. The van der Waals surface area contributed by atoms with Crippen molar-refractivity contribution in [1.82, 2.24) is 4.90 Å². The zero-order valence-electron chi connectivity index (χ0n) is 11.6. The summed E-state index contributed by atoms with van der Waals surface area (Å²) in [6.45, 7) is 3.58. The average molecular weight is 263 g/mol. The van der Waals surface area contributed by atoms with Gasteiger partial charge in [-0.15, -0.1) is 0 Å². The van der Waals surface area contributed by atoms with Gasteiger partial charge >= 0.3 is 0 Å². The SMILES string of the molecule is CN(CC(=O)Nc1ccccc1)C(=O)CC(C)(C)N. The summed E-state index contributed by atoms with van der Waals surface area (Å²) in [7, 11) is 1.60. The van der Waals surface area contributed by atoms with Crippen LogP contribution in [0.3, 0.4) is 0 Å². The highest BCUT2D eigenvalue weighted by molar-refractivity contribution is 5.94. The molecule has 0 unspecified atom stereocenters. The smallest absolute Gasteiger partial charge is 0.243 e. The topological polar surface area (TPSA) is 75.4 Å². The molecule has 1 aromatic rings. The molecule has 0 aliphatic heterocycles. The maximum Gasteiger partial charge on any atom is 0.243 e. The van der Waals surface area contributed by atoms with Crippen molar-refractivity contribution >= 4 is 17.5 Å². The molecule has 104 valence electrons. The first kappa shape index (κ1) is 15.2. The van der Waals surface area contributed by atoms with Crippen LogP contribution in [0.15, 0.2) is 30.3 Å². The molecular weight excluding hydrogens is 242 g/mol. The number of likely N-dealkylation sites (N-methyl/N-ethyl adjacent to an activating group) is 1. The van der Waals surface area contributed by atoms with E-state index in [0.29, 0.717) is 5.69 Å². The van der Waals surface area contributed by atoms with Crippen molar-refractivity contribution in [3.63, 3.8) is 0 Å². The van der Waals surface area contributed by atoms with Gasteiger partial charge in [0.25, 0.3) is 0 Å². The molecule has 0 spiro atoms. The molecule has 5 heteroatoms. The molecule has 0 atom stereocenters. The number of hydrogen-bond acceptors (Lipinski definition) is 3. The Kier molecular flexibility index (Phi) is 5.06. The van der Waals surface area contributed by atoms with Gasteiger partial charge in [0.2, 0.25) is 11.8 Å². The number of amides is 2. The Bertz CT molecular complexity index is 438. The van der Waals surface area contributed by atoms with Crippen LogP contribution in [-0.2, 0) is 9.59 Å². The van der Waals surface area contributed by atoms with E-state index in [2.05, 4.69) is 5.32 Å². The highest BCUT2D eigenvalue weighted by atomic mass is 16.2. The molecule has 0 saturated carbocycles. The first-order chi connectivity index (χ1) is 8.78. The summed E-state index contributed by atoms with van der Waals surface area (Å²) < 4.78 is 0. The molecule has 0 aliphatic rings. The second-order valence-electron chi connectivity index (χ2n) is 5.33. The Balaban J connectivity index is 2.46. The first-order valence-electron chi connectivity index (χ1n) is 6.16. The van der Waals surface area contributed by atoms with E-state index >= 15 is 0 Å². The van der Waals surface area contributed by atoms with Gasteiger partial charge in [-0.1, -0.05) is 18.2 Å². The summed E-state index contributed by atoms with van der Waals surface area (Å²) in [5.41, 5.74) is 5.93. The van der Waals surface area contributed by atoms with Gasteiger partial charge < -0.3 is 16.0 Å². The minimum absolute atomic E-state index is 0.0177. The summed E-state index contributed by atoms with van der Waals surface area (Å²) >= 11 is 0. The molecule has 0 fully saturated rings. The number of para-hydroxylation sites is 1. The van der Waals surface area contributed by atoms with Crippen molar-refractivity contribution in [3.8, 4) is 0 Å². The van der Waals surface area contributed by atoms with Gasteiger partial charge in [0.05, 0.1) is 6.54 Å². The van der Waals surface area contributed by atoms with E-state index in [1.165, 1.54) is 4.90 Å². The molecule has 3 N–H and O–H groups in total. The van der Waals surface area contributed by atoms with Crippen molar-refractivity contribution in [3.05, 3.63) is 30.3 Å². The van der Waals surface area contributed by atoms with Crippen LogP contribution < -0.4 is 11.1 Å². The van der Waals surface area contributed by atoms with E-state index < -0.39 is 5.54 Å². The molecule has 0 aliphatic carbocycles. The van der Waals surface area contributed by atoms with Gasteiger partial charge in [-0.3, -0.25) is 9.59 Å². The van der Waals surface area contributed by atoms with Gasteiger partial charge in [-0.2, -0.15) is 0 Å². The zero-order chi connectivity index (χ0) is 14.5. The highest BCUT2D eigenvalue weighted by Gasteiger charge is 2.20. The molecule has 1 rings (SSSR count). The fourth-order valence-electron chi connectivity index (χ4n) is 1.55. The van der Waals surface area contributed by atoms with Crippen LogP contribution in [0, 0.1) is 0 Å². The van der Waals surface area contributed by atoms with E-state index in [1.807, 2.05) is 18.2 Å². The quantitative estimate of drug-likeness (QED) is 0.838. The van der Waals surface area contributed by atoms with Gasteiger partial charge in [0.15, 0.2) is 0 Å². The summed E-state index contributed by atoms with van der Waals surface area (Å²) in [6, 6.07) is 9.13. The second kappa shape index (κ2) is 6.33. The monoisotopic (exact) mass is 263 g/mol. The number of nitrogens with one attached hydrogen (secondary N) is 1. The van der Waals surface area contributed by atoms with E-state index in [1.54, 1.807) is 33.0 Å². The predicted octanol–water partition coefficient (Wildman–Crippen LogP) is 1.21. The Morgan fingerprint density at radius 2 is 1.84 bits per heavy atom. The number of carbonyl (C=O) groups excluding carboxylic acids is 2. The third-order valence-corrected chi connectivity index (χ3v) is 2.47. The van der Waals surface area contributed by atoms with Crippen molar-refractivity contribution in [2.45, 2.75) is 25.8 Å². The lowest BCUT2D eigenvalue weighted by molar-refractivity contribution is -0.134. The fourth-order valence-corrected chi connectivity index (χ4v) is 1.55. The lowest BCUT2D eigenvalue weighted by atomic mass is 10.0. The Morgan fingerprint density at radius 3 is 2.37 bits per heavy atom. The first-order valence-corrected chi connectivity index (χ1v) is 6.16. The van der Waals surface area contributed by atoms with Crippen LogP contribution in [0.1, 0.15) is 20.3 Å². The molecule has 5 nitrogen and oxygen atoms in total. The second-order valence-corrected chi connectivity index (χ2v) is 5.33. The van der Waals surface area contributed by atoms with Crippen LogP contribution in [0.5, 0.6) is 0 Å².